The van der Waals surface area contributed by atoms with Gasteiger partial charge in [0, 0.05) is 6.07 Å². The first-order valence-electron chi connectivity index (χ1n) is 9.16. The highest BCUT2D eigenvalue weighted by molar-refractivity contribution is 7.99. The van der Waals surface area contributed by atoms with Gasteiger partial charge in [0.1, 0.15) is 11.5 Å². The summed E-state index contributed by atoms with van der Waals surface area (Å²) in [5, 5.41) is 0.634. The normalized spacial score (nSPS) is 15.6. The number of fused-ring (bicyclic) bond motifs is 2. The fourth-order valence-corrected chi connectivity index (χ4v) is 3.88. The quantitative estimate of drug-likeness (QED) is 0.601. The molecule has 2 heterocycles. The number of primary amides is 1. The maximum atomic E-state index is 12.9. The van der Waals surface area contributed by atoms with Gasteiger partial charge >= 0.3 is 0 Å². The molecule has 3 N–H and O–H groups in total. The fourth-order valence-electron chi connectivity index (χ4n) is 3.12. The van der Waals surface area contributed by atoms with E-state index in [-0.39, 0.29) is 18.2 Å². The van der Waals surface area contributed by atoms with Gasteiger partial charge in [-0.25, -0.2) is 4.98 Å². The van der Waals surface area contributed by atoms with Crippen LogP contribution in [0.15, 0.2) is 47.6 Å². The minimum Gasteiger partial charge on any atom is -0.494 e. The number of anilines is 1. The van der Waals surface area contributed by atoms with Crippen LogP contribution in [0.3, 0.4) is 0 Å². The number of nitrogens with two attached hydrogens (primary N) is 1. The number of hydrogen-bond donors (Lipinski definition) is 2. The number of benzene rings is 2. The van der Waals surface area contributed by atoms with Crippen molar-refractivity contribution in [2.75, 3.05) is 23.8 Å². The van der Waals surface area contributed by atoms with Gasteiger partial charge in [-0.3, -0.25) is 9.59 Å². The van der Waals surface area contributed by atoms with Gasteiger partial charge in [-0.05, 0) is 31.2 Å². The van der Waals surface area contributed by atoms with Gasteiger partial charge in [-0.2, -0.15) is 0 Å². The third-order valence-corrected chi connectivity index (χ3v) is 5.33. The first-order valence-corrected chi connectivity index (χ1v) is 10.1. The summed E-state index contributed by atoms with van der Waals surface area (Å²) < 4.78 is 11.1. The Morgan fingerprint density at radius 2 is 2.17 bits per heavy atom. The Balaban J connectivity index is 1.49. The largest absolute Gasteiger partial charge is 0.494 e. The summed E-state index contributed by atoms with van der Waals surface area (Å²) in [6.45, 7) is 2.60. The van der Waals surface area contributed by atoms with E-state index in [0.717, 1.165) is 16.8 Å². The van der Waals surface area contributed by atoms with Crippen molar-refractivity contribution in [3.05, 3.63) is 42.5 Å². The van der Waals surface area contributed by atoms with Crippen molar-refractivity contribution >= 4 is 40.3 Å². The van der Waals surface area contributed by atoms with Crippen molar-refractivity contribution in [1.82, 2.24) is 9.97 Å². The van der Waals surface area contributed by atoms with Crippen LogP contribution in [-0.4, -0.2) is 46.8 Å². The van der Waals surface area contributed by atoms with E-state index in [1.54, 1.807) is 18.2 Å². The Kier molecular flexibility index (Phi) is 5.30. The molecule has 0 bridgehead atoms. The summed E-state index contributed by atoms with van der Waals surface area (Å²) in [5.74, 6) is 0.615. The Labute approximate surface area is 171 Å². The molecular formula is C20H20N4O4S. The molecular weight excluding hydrogens is 392 g/mol. The Morgan fingerprint density at radius 1 is 1.34 bits per heavy atom. The number of rotatable bonds is 6. The topological polar surface area (TPSA) is 111 Å². The molecule has 1 aliphatic rings. The van der Waals surface area contributed by atoms with Crippen LogP contribution in [0.2, 0.25) is 0 Å². The smallest absolute Gasteiger partial charge is 0.260 e. The first-order chi connectivity index (χ1) is 14.0. The Morgan fingerprint density at radius 3 is 2.97 bits per heavy atom. The van der Waals surface area contributed by atoms with Gasteiger partial charge in [0.25, 0.3) is 5.91 Å². The molecule has 1 aromatic heterocycles. The van der Waals surface area contributed by atoms with Crippen molar-refractivity contribution in [3.63, 3.8) is 0 Å². The van der Waals surface area contributed by atoms with Crippen LogP contribution in [0.25, 0.3) is 11.0 Å². The number of carbonyl (C=O) groups excluding carboxylic acids is 2. The average molecular weight is 412 g/mol. The number of nitrogens with one attached hydrogen (secondary N) is 1. The van der Waals surface area contributed by atoms with E-state index in [1.807, 2.05) is 31.2 Å². The Hall–Kier alpha value is -3.20. The number of amides is 2. The zero-order valence-electron chi connectivity index (χ0n) is 15.8. The van der Waals surface area contributed by atoms with E-state index < -0.39 is 12.0 Å². The second-order valence-electron chi connectivity index (χ2n) is 6.42. The maximum absolute atomic E-state index is 12.9. The Bertz CT molecular complexity index is 1070. The fraction of sp³-hybridized carbons (Fsp3) is 0.250. The summed E-state index contributed by atoms with van der Waals surface area (Å²) in [6, 6.07) is 12.7. The van der Waals surface area contributed by atoms with Gasteiger partial charge in [0.05, 0.1) is 35.6 Å². The number of para-hydroxylation sites is 2. The summed E-state index contributed by atoms with van der Waals surface area (Å²) >= 11 is 1.30. The lowest BCUT2D eigenvalue weighted by Crippen LogP contribution is -2.49. The highest BCUT2D eigenvalue weighted by atomic mass is 32.2. The minimum atomic E-state index is -0.873. The van der Waals surface area contributed by atoms with Crippen LogP contribution in [0.4, 0.5) is 5.69 Å². The van der Waals surface area contributed by atoms with E-state index >= 15 is 0 Å². The molecule has 2 aromatic carbocycles. The van der Waals surface area contributed by atoms with Crippen LogP contribution in [-0.2, 0) is 9.59 Å². The number of carbonyl (C=O) groups is 2. The molecule has 9 heteroatoms. The third kappa shape index (κ3) is 4.00. The predicted octanol–water partition coefficient (Wildman–Crippen LogP) is 2.33. The summed E-state index contributed by atoms with van der Waals surface area (Å²) in [6.07, 6.45) is -0.873. The molecule has 1 atom stereocenters. The average Bonchev–Trinajstić information content (AvgIpc) is 3.13. The number of thioether (sulfide) groups is 1. The molecule has 29 heavy (non-hydrogen) atoms. The second-order valence-corrected chi connectivity index (χ2v) is 7.39. The zero-order chi connectivity index (χ0) is 20.4. The predicted molar refractivity (Wildman–Crippen MR) is 110 cm³/mol. The molecule has 0 spiro atoms. The van der Waals surface area contributed by atoms with Crippen molar-refractivity contribution in [3.8, 4) is 11.5 Å². The van der Waals surface area contributed by atoms with Gasteiger partial charge < -0.3 is 25.1 Å². The third-order valence-electron chi connectivity index (χ3n) is 4.47. The monoisotopic (exact) mass is 412 g/mol. The van der Waals surface area contributed by atoms with E-state index in [1.165, 1.54) is 16.7 Å². The number of aromatic amines is 1. The molecule has 8 nitrogen and oxygen atoms in total. The van der Waals surface area contributed by atoms with Crippen molar-refractivity contribution in [2.24, 2.45) is 5.73 Å². The van der Waals surface area contributed by atoms with Crippen molar-refractivity contribution in [1.29, 1.82) is 0 Å². The number of ether oxygens (including phenoxy) is 2. The summed E-state index contributed by atoms with van der Waals surface area (Å²) in [5.41, 5.74) is 7.67. The lowest BCUT2D eigenvalue weighted by molar-refractivity contribution is -0.125. The molecule has 0 saturated heterocycles. The number of nitrogens with zero attached hydrogens (tertiary/aromatic N) is 2. The van der Waals surface area contributed by atoms with Crippen LogP contribution in [0.1, 0.15) is 6.92 Å². The van der Waals surface area contributed by atoms with Gasteiger partial charge in [0.15, 0.2) is 11.3 Å². The molecule has 0 aliphatic carbocycles. The number of H-pyrrole nitrogens is 1. The molecule has 0 unspecified atom stereocenters. The highest BCUT2D eigenvalue weighted by Crippen LogP contribution is 2.34. The van der Waals surface area contributed by atoms with Crippen molar-refractivity contribution < 1.29 is 19.1 Å². The van der Waals surface area contributed by atoms with E-state index in [4.69, 9.17) is 15.2 Å². The summed E-state index contributed by atoms with van der Waals surface area (Å²) in [7, 11) is 0. The summed E-state index contributed by atoms with van der Waals surface area (Å²) in [4.78, 5) is 33.7. The van der Waals surface area contributed by atoms with Gasteiger partial charge in [0.2, 0.25) is 5.91 Å². The van der Waals surface area contributed by atoms with E-state index in [9.17, 15) is 9.59 Å². The SMILES string of the molecule is CCOc1ccc2nc(SCC(=O)N3C[C@H](C(N)=O)Oc4ccccc43)[nH]c2c1. The number of imidazole rings is 1. The molecule has 0 fully saturated rings. The molecule has 4 rings (SSSR count). The minimum absolute atomic E-state index is 0.0869. The highest BCUT2D eigenvalue weighted by Gasteiger charge is 2.32. The molecule has 2 amide bonds. The second kappa shape index (κ2) is 8.04. The van der Waals surface area contributed by atoms with E-state index in [0.29, 0.717) is 23.2 Å². The lowest BCUT2D eigenvalue weighted by atomic mass is 10.2. The molecule has 0 radical (unpaired) electrons. The molecule has 0 saturated carbocycles. The lowest BCUT2D eigenvalue weighted by Gasteiger charge is -2.33. The van der Waals surface area contributed by atoms with Crippen LogP contribution in [0.5, 0.6) is 11.5 Å². The van der Waals surface area contributed by atoms with Crippen LogP contribution < -0.4 is 20.1 Å². The number of aromatic nitrogens is 2. The molecule has 150 valence electrons. The van der Waals surface area contributed by atoms with Gasteiger partial charge in [-0.15, -0.1) is 0 Å². The first kappa shape index (κ1) is 19.1. The number of hydrogen-bond acceptors (Lipinski definition) is 6. The van der Waals surface area contributed by atoms with Crippen LogP contribution >= 0.6 is 11.8 Å². The molecule has 1 aliphatic heterocycles. The van der Waals surface area contributed by atoms with Crippen LogP contribution in [0, 0.1) is 0 Å². The van der Waals surface area contributed by atoms with Crippen molar-refractivity contribution in [2.45, 2.75) is 18.2 Å². The van der Waals surface area contributed by atoms with Gasteiger partial charge in [-0.1, -0.05) is 23.9 Å². The maximum Gasteiger partial charge on any atom is 0.260 e. The zero-order valence-corrected chi connectivity index (χ0v) is 16.6. The molecule has 3 aromatic rings. The standard InChI is InChI=1S/C20H20N4O4S/c1-2-27-12-7-8-13-14(9-12)23-20(22-13)29-11-18(25)24-10-17(19(21)26)28-16-6-4-3-5-15(16)24/h3-9,17H,2,10-11H2,1H3,(H2,21,26)(H,22,23)/t17-/m1/s1. The van der Waals surface area contributed by atoms with E-state index in [2.05, 4.69) is 9.97 Å².